The lowest BCUT2D eigenvalue weighted by atomic mass is 10.2. The number of aromatic nitrogens is 1. The van der Waals surface area contributed by atoms with Crippen molar-refractivity contribution in [3.63, 3.8) is 0 Å². The summed E-state index contributed by atoms with van der Waals surface area (Å²) >= 11 is 0.976. The van der Waals surface area contributed by atoms with Gasteiger partial charge < -0.3 is 5.32 Å². The number of amides is 1. The minimum Gasteiger partial charge on any atom is -0.349 e. The smallest absolute Gasteiger partial charge is 0.308 e. The molecule has 0 atom stereocenters. The summed E-state index contributed by atoms with van der Waals surface area (Å²) in [5, 5.41) is 3.02. The van der Waals surface area contributed by atoms with Crippen molar-refractivity contribution in [2.75, 3.05) is 0 Å². The first-order chi connectivity index (χ1) is 11.0. The van der Waals surface area contributed by atoms with Crippen LogP contribution in [0.25, 0.3) is 0 Å². The van der Waals surface area contributed by atoms with Crippen LogP contribution in [0.15, 0.2) is 29.1 Å². The maximum atomic E-state index is 13.0. The molecule has 0 radical (unpaired) electrons. The molecule has 1 aromatic heterocycles. The Morgan fingerprint density at radius 1 is 1.30 bits per heavy atom. The van der Waals surface area contributed by atoms with Crippen molar-refractivity contribution in [2.24, 2.45) is 0 Å². The number of rotatable bonds is 4. The Bertz CT molecular complexity index is 758. The van der Waals surface area contributed by atoms with E-state index >= 15 is 0 Å². The van der Waals surface area contributed by atoms with E-state index in [1.807, 2.05) is 0 Å². The van der Waals surface area contributed by atoms with E-state index in [4.69, 9.17) is 0 Å². The predicted molar refractivity (Wildman–Crippen MR) is 88.5 cm³/mol. The van der Waals surface area contributed by atoms with Gasteiger partial charge in [0.15, 0.2) is 0 Å². The van der Waals surface area contributed by atoms with Gasteiger partial charge in [-0.2, -0.15) is 0 Å². The van der Waals surface area contributed by atoms with Crippen LogP contribution in [0, 0.1) is 12.7 Å². The second kappa shape index (κ2) is 6.66. The number of nitrogens with one attached hydrogen (secondary N) is 1. The summed E-state index contributed by atoms with van der Waals surface area (Å²) in [6.45, 7) is 2.13. The highest BCUT2D eigenvalue weighted by Crippen LogP contribution is 2.20. The predicted octanol–water partition coefficient (Wildman–Crippen LogP) is 3.08. The molecule has 0 unspecified atom stereocenters. The molecule has 1 amide bonds. The third-order valence-corrected chi connectivity index (χ3v) is 5.37. The highest BCUT2D eigenvalue weighted by Gasteiger charge is 2.22. The van der Waals surface area contributed by atoms with Crippen LogP contribution in [0.5, 0.6) is 0 Å². The molecule has 1 aromatic carbocycles. The molecule has 0 bridgehead atoms. The largest absolute Gasteiger partial charge is 0.349 e. The standard InChI is InChI=1S/C17H19FN2O2S/c1-11-15(16(21)19-14-4-2-3-5-14)23-17(22)20(11)10-12-6-8-13(18)9-7-12/h6-9,14H,2-5,10H2,1H3,(H,19,21). The summed E-state index contributed by atoms with van der Waals surface area (Å²) in [5.74, 6) is -0.464. The molecule has 1 N–H and O–H groups in total. The molecule has 1 fully saturated rings. The minimum atomic E-state index is -0.306. The van der Waals surface area contributed by atoms with Crippen molar-refractivity contribution in [3.8, 4) is 0 Å². The molecule has 3 rings (SSSR count). The lowest BCUT2D eigenvalue weighted by Crippen LogP contribution is -2.32. The van der Waals surface area contributed by atoms with Gasteiger partial charge in [0.2, 0.25) is 0 Å². The zero-order chi connectivity index (χ0) is 16.4. The first kappa shape index (κ1) is 15.9. The molecule has 2 aromatic rings. The normalized spacial score (nSPS) is 15.0. The number of benzene rings is 1. The number of nitrogens with zero attached hydrogens (tertiary/aromatic N) is 1. The Hall–Kier alpha value is -1.95. The van der Waals surface area contributed by atoms with Gasteiger partial charge in [-0.25, -0.2) is 4.39 Å². The molecule has 0 spiro atoms. The fourth-order valence-electron chi connectivity index (χ4n) is 2.96. The van der Waals surface area contributed by atoms with E-state index in [2.05, 4.69) is 5.32 Å². The van der Waals surface area contributed by atoms with Crippen LogP contribution in [-0.4, -0.2) is 16.5 Å². The van der Waals surface area contributed by atoms with E-state index in [1.165, 1.54) is 12.1 Å². The van der Waals surface area contributed by atoms with Crippen molar-refractivity contribution in [1.29, 1.82) is 0 Å². The summed E-state index contributed by atoms with van der Waals surface area (Å²) < 4.78 is 14.5. The highest BCUT2D eigenvalue weighted by atomic mass is 32.1. The lowest BCUT2D eigenvalue weighted by Gasteiger charge is -2.11. The van der Waals surface area contributed by atoms with Crippen molar-refractivity contribution in [3.05, 3.63) is 55.9 Å². The Morgan fingerprint density at radius 3 is 2.61 bits per heavy atom. The summed E-state index contributed by atoms with van der Waals surface area (Å²) in [4.78, 5) is 24.9. The number of halogens is 1. The monoisotopic (exact) mass is 334 g/mol. The molecular weight excluding hydrogens is 315 g/mol. The fraction of sp³-hybridized carbons (Fsp3) is 0.412. The van der Waals surface area contributed by atoms with Gasteiger partial charge in [0.05, 0.1) is 6.54 Å². The van der Waals surface area contributed by atoms with E-state index in [1.54, 1.807) is 23.6 Å². The van der Waals surface area contributed by atoms with Gasteiger partial charge in [-0.1, -0.05) is 36.3 Å². The zero-order valence-electron chi connectivity index (χ0n) is 13.0. The molecule has 4 nitrogen and oxygen atoms in total. The number of hydrogen-bond acceptors (Lipinski definition) is 3. The Morgan fingerprint density at radius 2 is 1.96 bits per heavy atom. The summed E-state index contributed by atoms with van der Waals surface area (Å²) in [5.41, 5.74) is 1.50. The molecule has 1 heterocycles. The first-order valence-electron chi connectivity index (χ1n) is 7.80. The Kier molecular flexibility index (Phi) is 4.61. The molecule has 1 aliphatic carbocycles. The van der Waals surface area contributed by atoms with E-state index in [0.29, 0.717) is 17.1 Å². The van der Waals surface area contributed by atoms with Crippen LogP contribution in [0.2, 0.25) is 0 Å². The van der Waals surface area contributed by atoms with Crippen molar-refractivity contribution < 1.29 is 9.18 Å². The maximum Gasteiger partial charge on any atom is 0.308 e. The second-order valence-corrected chi connectivity index (χ2v) is 6.91. The van der Waals surface area contributed by atoms with Crippen LogP contribution in [-0.2, 0) is 6.54 Å². The molecule has 1 aliphatic rings. The molecule has 23 heavy (non-hydrogen) atoms. The van der Waals surface area contributed by atoms with Gasteiger partial charge in [0.25, 0.3) is 5.91 Å². The quantitative estimate of drug-likeness (QED) is 0.934. The maximum absolute atomic E-state index is 13.0. The van der Waals surface area contributed by atoms with Crippen LogP contribution < -0.4 is 10.2 Å². The molecule has 0 aliphatic heterocycles. The number of carbonyl (C=O) groups excluding carboxylic acids is 1. The minimum absolute atomic E-state index is 0.158. The van der Waals surface area contributed by atoms with Crippen molar-refractivity contribution in [2.45, 2.75) is 45.2 Å². The second-order valence-electron chi connectivity index (χ2n) is 5.95. The topological polar surface area (TPSA) is 51.1 Å². The Balaban J connectivity index is 1.79. The molecule has 1 saturated carbocycles. The first-order valence-corrected chi connectivity index (χ1v) is 8.62. The van der Waals surface area contributed by atoms with Gasteiger partial charge >= 0.3 is 4.87 Å². The van der Waals surface area contributed by atoms with Crippen LogP contribution >= 0.6 is 11.3 Å². The van der Waals surface area contributed by atoms with E-state index in [0.717, 1.165) is 42.6 Å². The SMILES string of the molecule is Cc1c(C(=O)NC2CCCC2)sc(=O)n1Cc1ccc(F)cc1. The van der Waals surface area contributed by atoms with Crippen LogP contribution in [0.1, 0.15) is 46.6 Å². The van der Waals surface area contributed by atoms with E-state index in [-0.39, 0.29) is 22.6 Å². The highest BCUT2D eigenvalue weighted by molar-refractivity contribution is 7.11. The molecule has 6 heteroatoms. The molecular formula is C17H19FN2O2S. The summed E-state index contributed by atoms with van der Waals surface area (Å²) in [6.07, 6.45) is 4.31. The van der Waals surface area contributed by atoms with Crippen LogP contribution in [0.4, 0.5) is 4.39 Å². The third kappa shape index (κ3) is 3.52. The van der Waals surface area contributed by atoms with Crippen molar-refractivity contribution >= 4 is 17.2 Å². The third-order valence-electron chi connectivity index (χ3n) is 4.29. The zero-order valence-corrected chi connectivity index (χ0v) is 13.8. The van der Waals surface area contributed by atoms with E-state index in [9.17, 15) is 14.0 Å². The summed E-state index contributed by atoms with van der Waals surface area (Å²) in [7, 11) is 0. The van der Waals surface area contributed by atoms with Gasteiger partial charge in [0.1, 0.15) is 10.7 Å². The summed E-state index contributed by atoms with van der Waals surface area (Å²) in [6, 6.07) is 6.27. The van der Waals surface area contributed by atoms with Gasteiger partial charge in [0, 0.05) is 11.7 Å². The number of carbonyl (C=O) groups is 1. The van der Waals surface area contributed by atoms with E-state index < -0.39 is 0 Å². The average molecular weight is 334 g/mol. The van der Waals surface area contributed by atoms with Gasteiger partial charge in [-0.3, -0.25) is 14.2 Å². The van der Waals surface area contributed by atoms with Gasteiger partial charge in [-0.05, 0) is 37.5 Å². The average Bonchev–Trinajstić information content (AvgIpc) is 3.12. The number of hydrogen-bond donors (Lipinski definition) is 1. The fourth-order valence-corrected chi connectivity index (χ4v) is 3.86. The number of thiazole rings is 1. The van der Waals surface area contributed by atoms with Gasteiger partial charge in [-0.15, -0.1) is 0 Å². The van der Waals surface area contributed by atoms with Crippen molar-refractivity contribution in [1.82, 2.24) is 9.88 Å². The molecule has 0 saturated heterocycles. The Labute approximate surface area is 138 Å². The molecule has 122 valence electrons. The van der Waals surface area contributed by atoms with Crippen LogP contribution in [0.3, 0.4) is 0 Å². The lowest BCUT2D eigenvalue weighted by molar-refractivity contribution is 0.0941.